The molecule has 3 atom stereocenters. The minimum Gasteiger partial charge on any atom is -0.378 e. The summed E-state index contributed by atoms with van der Waals surface area (Å²) >= 11 is 3.83. The molecule has 70 valence electrons. The molecule has 1 saturated heterocycles. The zero-order valence-electron chi connectivity index (χ0n) is 7.45. The third-order valence-electron chi connectivity index (χ3n) is 2.81. The number of aliphatic hydroxyl groups is 1. The molecule has 0 radical (unpaired) electrons. The van der Waals surface area contributed by atoms with Crippen LogP contribution in [-0.4, -0.2) is 26.3 Å². The molecule has 0 spiro atoms. The maximum absolute atomic E-state index is 10.3. The normalized spacial score (nSPS) is 47.5. The van der Waals surface area contributed by atoms with Crippen LogP contribution < -0.4 is 0 Å². The quantitative estimate of drug-likeness (QED) is 0.708. The Bertz CT molecular complexity index is 174. The number of fused-ring (bicyclic) bond motifs is 1. The van der Waals surface area contributed by atoms with Crippen LogP contribution in [-0.2, 0) is 0 Å². The summed E-state index contributed by atoms with van der Waals surface area (Å²) in [5.74, 6) is 1.24. The monoisotopic (exact) mass is 204 g/mol. The van der Waals surface area contributed by atoms with E-state index in [1.165, 1.54) is 25.0 Å². The third-order valence-corrected chi connectivity index (χ3v) is 6.53. The summed E-state index contributed by atoms with van der Waals surface area (Å²) in [6, 6.07) is 0. The molecule has 2 fully saturated rings. The Morgan fingerprint density at radius 3 is 3.17 bits per heavy atom. The van der Waals surface area contributed by atoms with Gasteiger partial charge in [0.1, 0.15) is 4.93 Å². The van der Waals surface area contributed by atoms with Crippen LogP contribution in [0.15, 0.2) is 0 Å². The van der Waals surface area contributed by atoms with Crippen molar-refractivity contribution in [3.8, 4) is 0 Å². The van der Waals surface area contributed by atoms with Gasteiger partial charge in [0.25, 0.3) is 0 Å². The van der Waals surface area contributed by atoms with Gasteiger partial charge >= 0.3 is 0 Å². The Kier molecular flexibility index (Phi) is 2.64. The molecule has 0 bridgehead atoms. The minimum atomic E-state index is -0.358. The summed E-state index contributed by atoms with van der Waals surface area (Å²) < 4.78 is 0. The van der Waals surface area contributed by atoms with Gasteiger partial charge in [-0.3, -0.25) is 0 Å². The second-order valence-electron chi connectivity index (χ2n) is 3.71. The number of hydrogen-bond donors (Lipinski definition) is 1. The fourth-order valence-electron chi connectivity index (χ4n) is 2.02. The smallest absolute Gasteiger partial charge is 0.122 e. The zero-order chi connectivity index (χ0) is 8.60. The summed E-state index contributed by atoms with van der Waals surface area (Å²) in [5.41, 5.74) is 0. The lowest BCUT2D eigenvalue weighted by Gasteiger charge is -2.37. The average molecular weight is 204 g/mol. The molecule has 2 aliphatic rings. The Morgan fingerprint density at radius 2 is 2.42 bits per heavy atom. The number of hydrogen-bond acceptors (Lipinski definition) is 3. The van der Waals surface area contributed by atoms with E-state index in [9.17, 15) is 5.11 Å². The number of thioether (sulfide) groups is 2. The van der Waals surface area contributed by atoms with Crippen molar-refractivity contribution in [1.82, 2.24) is 0 Å². The van der Waals surface area contributed by atoms with Gasteiger partial charge in [0.05, 0.1) is 0 Å². The van der Waals surface area contributed by atoms with E-state index in [1.807, 2.05) is 23.5 Å². The summed E-state index contributed by atoms with van der Waals surface area (Å²) in [6.07, 6.45) is 4.67. The van der Waals surface area contributed by atoms with Crippen molar-refractivity contribution in [2.75, 3.05) is 5.75 Å². The van der Waals surface area contributed by atoms with Gasteiger partial charge in [-0.05, 0) is 25.7 Å². The van der Waals surface area contributed by atoms with Crippen LogP contribution in [0.1, 0.15) is 32.6 Å². The summed E-state index contributed by atoms with van der Waals surface area (Å²) in [6.45, 7) is 2.22. The zero-order valence-corrected chi connectivity index (χ0v) is 9.09. The lowest BCUT2D eigenvalue weighted by atomic mass is 10.3. The van der Waals surface area contributed by atoms with Gasteiger partial charge in [0, 0.05) is 16.3 Å². The molecule has 1 N–H and O–H groups in total. The van der Waals surface area contributed by atoms with Crippen molar-refractivity contribution in [2.24, 2.45) is 0 Å². The first-order valence-electron chi connectivity index (χ1n) is 4.76. The van der Waals surface area contributed by atoms with Crippen molar-refractivity contribution in [2.45, 2.75) is 48.0 Å². The van der Waals surface area contributed by atoms with E-state index < -0.39 is 0 Å². The average Bonchev–Trinajstić information content (AvgIpc) is 2.44. The summed E-state index contributed by atoms with van der Waals surface area (Å²) in [5, 5.41) is 11.5. The standard InChI is InChI=1S/C9H16OS2/c1-2-7-6-11-8-4-3-5-9(8,10)12-7/h7-8,10H,2-6H2,1H3. The van der Waals surface area contributed by atoms with E-state index in [2.05, 4.69) is 6.92 Å². The molecule has 1 aliphatic carbocycles. The van der Waals surface area contributed by atoms with Gasteiger partial charge in [0.2, 0.25) is 0 Å². The van der Waals surface area contributed by atoms with Crippen molar-refractivity contribution >= 4 is 23.5 Å². The van der Waals surface area contributed by atoms with Gasteiger partial charge in [-0.25, -0.2) is 0 Å². The SMILES string of the molecule is CCC1CSC2CCCC2(O)S1. The van der Waals surface area contributed by atoms with Crippen LogP contribution in [0.3, 0.4) is 0 Å². The Morgan fingerprint density at radius 1 is 1.58 bits per heavy atom. The Hall–Kier alpha value is 0.660. The second-order valence-corrected chi connectivity index (χ2v) is 6.55. The topological polar surface area (TPSA) is 20.2 Å². The highest BCUT2D eigenvalue weighted by Crippen LogP contribution is 2.52. The molecule has 1 aliphatic heterocycles. The molecule has 0 aromatic rings. The van der Waals surface area contributed by atoms with E-state index in [1.54, 1.807) is 0 Å². The molecular weight excluding hydrogens is 188 g/mol. The predicted octanol–water partition coefficient (Wildman–Crippen LogP) is 2.49. The van der Waals surface area contributed by atoms with Crippen LogP contribution in [0.4, 0.5) is 0 Å². The van der Waals surface area contributed by atoms with Crippen LogP contribution in [0.25, 0.3) is 0 Å². The fourth-order valence-corrected chi connectivity index (χ4v) is 5.57. The van der Waals surface area contributed by atoms with Crippen LogP contribution in [0.2, 0.25) is 0 Å². The molecule has 12 heavy (non-hydrogen) atoms. The van der Waals surface area contributed by atoms with E-state index in [0.29, 0.717) is 10.5 Å². The van der Waals surface area contributed by atoms with E-state index in [-0.39, 0.29) is 4.93 Å². The lowest BCUT2D eigenvalue weighted by Crippen LogP contribution is -2.38. The van der Waals surface area contributed by atoms with Crippen molar-refractivity contribution in [1.29, 1.82) is 0 Å². The number of rotatable bonds is 1. The van der Waals surface area contributed by atoms with Crippen LogP contribution in [0, 0.1) is 0 Å². The van der Waals surface area contributed by atoms with E-state index in [0.717, 1.165) is 6.42 Å². The van der Waals surface area contributed by atoms with Crippen molar-refractivity contribution in [3.63, 3.8) is 0 Å². The van der Waals surface area contributed by atoms with Crippen LogP contribution >= 0.6 is 23.5 Å². The van der Waals surface area contributed by atoms with Gasteiger partial charge < -0.3 is 5.11 Å². The minimum absolute atomic E-state index is 0.358. The lowest BCUT2D eigenvalue weighted by molar-refractivity contribution is 0.149. The van der Waals surface area contributed by atoms with Gasteiger partial charge in [0.15, 0.2) is 0 Å². The van der Waals surface area contributed by atoms with Crippen molar-refractivity contribution in [3.05, 3.63) is 0 Å². The van der Waals surface area contributed by atoms with E-state index >= 15 is 0 Å². The molecule has 1 saturated carbocycles. The molecule has 0 aromatic carbocycles. The molecule has 3 unspecified atom stereocenters. The first-order valence-corrected chi connectivity index (χ1v) is 6.69. The molecular formula is C9H16OS2. The molecule has 2 rings (SSSR count). The molecule has 0 amide bonds. The predicted molar refractivity (Wildman–Crippen MR) is 56.7 cm³/mol. The summed E-state index contributed by atoms with van der Waals surface area (Å²) in [4.78, 5) is -0.358. The maximum Gasteiger partial charge on any atom is 0.122 e. The second kappa shape index (κ2) is 3.43. The van der Waals surface area contributed by atoms with Gasteiger partial charge in [-0.1, -0.05) is 6.92 Å². The first-order chi connectivity index (χ1) is 5.74. The fraction of sp³-hybridized carbons (Fsp3) is 1.00. The molecule has 1 heterocycles. The molecule has 1 nitrogen and oxygen atoms in total. The largest absolute Gasteiger partial charge is 0.378 e. The molecule has 0 aromatic heterocycles. The first kappa shape index (κ1) is 9.22. The van der Waals surface area contributed by atoms with Crippen LogP contribution in [0.5, 0.6) is 0 Å². The maximum atomic E-state index is 10.3. The Balaban J connectivity index is 2.04. The highest BCUT2D eigenvalue weighted by molar-refractivity contribution is 8.07. The Labute approximate surface area is 82.7 Å². The third kappa shape index (κ3) is 1.51. The highest BCUT2D eigenvalue weighted by atomic mass is 32.2. The van der Waals surface area contributed by atoms with Crippen molar-refractivity contribution < 1.29 is 5.11 Å². The molecule has 3 heteroatoms. The summed E-state index contributed by atoms with van der Waals surface area (Å²) in [7, 11) is 0. The van der Waals surface area contributed by atoms with Gasteiger partial charge in [-0.15, -0.1) is 11.8 Å². The van der Waals surface area contributed by atoms with Gasteiger partial charge in [-0.2, -0.15) is 11.8 Å². The highest BCUT2D eigenvalue weighted by Gasteiger charge is 2.46. The van der Waals surface area contributed by atoms with E-state index in [4.69, 9.17) is 0 Å².